The quantitative estimate of drug-likeness (QED) is 0.0915. The topological polar surface area (TPSA) is 152 Å². The van der Waals surface area contributed by atoms with Gasteiger partial charge in [-0.3, -0.25) is 19.3 Å². The van der Waals surface area contributed by atoms with E-state index in [-0.39, 0.29) is 36.1 Å². The van der Waals surface area contributed by atoms with Crippen LogP contribution >= 0.6 is 0 Å². The molecule has 294 valence electrons. The van der Waals surface area contributed by atoms with Crippen LogP contribution in [0.1, 0.15) is 68.0 Å². The molecule has 1 aliphatic heterocycles. The van der Waals surface area contributed by atoms with E-state index in [4.69, 9.17) is 14.9 Å². The van der Waals surface area contributed by atoms with Gasteiger partial charge in [0.15, 0.2) is 11.5 Å². The van der Waals surface area contributed by atoms with Crippen LogP contribution in [0.3, 0.4) is 0 Å². The Labute approximate surface area is 311 Å². The van der Waals surface area contributed by atoms with E-state index in [0.717, 1.165) is 57.1 Å². The first-order chi connectivity index (χ1) is 26.0. The maximum Gasteiger partial charge on any atom is 0.387 e. The second-order valence-electron chi connectivity index (χ2n) is 13.8. The number of nitrogens with one attached hydrogen (secondary N) is 2. The second kappa shape index (κ2) is 19.6. The molecule has 0 spiro atoms. The lowest BCUT2D eigenvalue weighted by atomic mass is 10.1. The Bertz CT molecular complexity index is 1710. The molecule has 1 atom stereocenters. The molecule has 3 aliphatic rings. The standard InChI is InChI=1S/C25H34F2N4O4.C13H14F2N2O2/c1-17-22(15-28)34-24(29-17)19-7-8-20(35-25(26)27)21(14-19)33-13-3-2-4-23(32)31-11-9-30(10-12-31)16-18-5-6-18;14-9-3-4-10(11(15)5-9)12(17-7-18)13(19)16-6-8-1-2-8/h7-8,14,18,25H,2-6,9-13,15-16,28H2,1H3;3-5,7-8,12H,1-2,6H2,(H,16,19)(H,17,18). The molecule has 3 amide bonds. The molecule has 3 aromatic rings. The molecule has 6 rings (SSSR count). The van der Waals surface area contributed by atoms with Crippen LogP contribution in [-0.2, 0) is 20.9 Å². The molecule has 54 heavy (non-hydrogen) atoms. The van der Waals surface area contributed by atoms with E-state index in [1.54, 1.807) is 19.1 Å². The van der Waals surface area contributed by atoms with Crippen LogP contribution in [0.25, 0.3) is 11.5 Å². The average Bonchev–Trinajstić information content (AvgIpc) is 4.10. The summed E-state index contributed by atoms with van der Waals surface area (Å²) in [7, 11) is 0. The number of nitrogens with two attached hydrogens (primary N) is 1. The van der Waals surface area contributed by atoms with E-state index in [2.05, 4.69) is 25.3 Å². The van der Waals surface area contributed by atoms with Gasteiger partial charge in [0.2, 0.25) is 24.1 Å². The van der Waals surface area contributed by atoms with Crippen LogP contribution in [-0.4, -0.2) is 85.5 Å². The number of hydrogen-bond donors (Lipinski definition) is 3. The number of amides is 3. The Morgan fingerprint density at radius 1 is 1.02 bits per heavy atom. The summed E-state index contributed by atoms with van der Waals surface area (Å²) in [6, 6.07) is 6.30. The van der Waals surface area contributed by atoms with Gasteiger partial charge in [-0.1, -0.05) is 6.07 Å². The predicted octanol–water partition coefficient (Wildman–Crippen LogP) is 5.09. The number of alkyl halides is 2. The van der Waals surface area contributed by atoms with Gasteiger partial charge in [-0.25, -0.2) is 13.8 Å². The largest absolute Gasteiger partial charge is 0.490 e. The number of nitrogens with zero attached hydrogens (tertiary/aromatic N) is 3. The Morgan fingerprint density at radius 3 is 2.39 bits per heavy atom. The molecule has 2 aromatic carbocycles. The van der Waals surface area contributed by atoms with Crippen molar-refractivity contribution in [3.8, 4) is 23.0 Å². The number of aryl methyl sites for hydroxylation is 1. The third kappa shape index (κ3) is 12.2. The molecule has 0 bridgehead atoms. The molecule has 4 N–H and O–H groups in total. The highest BCUT2D eigenvalue weighted by Gasteiger charge is 2.28. The molecule has 2 saturated carbocycles. The number of unbranched alkanes of at least 4 members (excludes halogenated alkanes) is 1. The SMILES string of the molecule is Cc1nc(-c2ccc(OC(F)F)c(OCCCCC(=O)N3CCN(CC4CC4)CC3)c2)oc1CN.O=CNC(C(=O)NCC1CC1)c1ccc(F)cc1F. The van der Waals surface area contributed by atoms with Gasteiger partial charge < -0.3 is 35.2 Å². The Balaban J connectivity index is 0.000000249. The molecule has 2 aliphatic carbocycles. The fourth-order valence-corrected chi connectivity index (χ4v) is 6.03. The van der Waals surface area contributed by atoms with Crippen molar-refractivity contribution >= 4 is 18.2 Å². The number of halogens is 4. The van der Waals surface area contributed by atoms with Gasteiger partial charge >= 0.3 is 6.61 Å². The van der Waals surface area contributed by atoms with E-state index in [0.29, 0.717) is 67.1 Å². The van der Waals surface area contributed by atoms with Crippen molar-refractivity contribution in [3.05, 3.63) is 65.1 Å². The van der Waals surface area contributed by atoms with Gasteiger partial charge in [0.1, 0.15) is 23.4 Å². The van der Waals surface area contributed by atoms with Crippen molar-refractivity contribution in [2.75, 3.05) is 45.9 Å². The molecular formula is C38H48F4N6O6. The first kappa shape index (κ1) is 40.5. The molecule has 1 unspecified atom stereocenters. The Hall–Kier alpha value is -4.70. The van der Waals surface area contributed by atoms with Crippen LogP contribution in [0, 0.1) is 30.4 Å². The lowest BCUT2D eigenvalue weighted by Crippen LogP contribution is -2.49. The van der Waals surface area contributed by atoms with Crippen molar-refractivity contribution < 1.29 is 45.8 Å². The van der Waals surface area contributed by atoms with Crippen molar-refractivity contribution in [1.29, 1.82) is 0 Å². The summed E-state index contributed by atoms with van der Waals surface area (Å²) in [6.07, 6.45) is 6.86. The van der Waals surface area contributed by atoms with E-state index < -0.39 is 30.2 Å². The smallest absolute Gasteiger partial charge is 0.387 e. The minimum absolute atomic E-state index is 0.0539. The Morgan fingerprint density at radius 2 is 1.76 bits per heavy atom. The number of oxazole rings is 1. The number of ether oxygens (including phenoxy) is 2. The molecular weight excluding hydrogens is 712 g/mol. The number of carbonyl (C=O) groups excluding carboxylic acids is 3. The zero-order valence-corrected chi connectivity index (χ0v) is 30.3. The molecule has 1 saturated heterocycles. The average molecular weight is 761 g/mol. The lowest BCUT2D eigenvalue weighted by molar-refractivity contribution is -0.133. The minimum atomic E-state index is -2.97. The molecule has 16 heteroatoms. The number of carbonyl (C=O) groups is 3. The summed E-state index contributed by atoms with van der Waals surface area (Å²) in [5.41, 5.74) is 6.84. The van der Waals surface area contributed by atoms with E-state index >= 15 is 0 Å². The first-order valence-corrected chi connectivity index (χ1v) is 18.4. The zero-order valence-electron chi connectivity index (χ0n) is 30.3. The van der Waals surface area contributed by atoms with Crippen molar-refractivity contribution in [3.63, 3.8) is 0 Å². The van der Waals surface area contributed by atoms with E-state index in [1.807, 2.05) is 4.90 Å². The van der Waals surface area contributed by atoms with E-state index in [9.17, 15) is 31.9 Å². The molecule has 1 aromatic heterocycles. The normalized spacial score (nSPS) is 16.3. The summed E-state index contributed by atoms with van der Waals surface area (Å²) in [4.78, 5) is 43.7. The fraction of sp³-hybridized carbons (Fsp3) is 0.526. The molecule has 3 fully saturated rings. The van der Waals surface area contributed by atoms with Crippen molar-refractivity contribution in [1.82, 2.24) is 25.4 Å². The van der Waals surface area contributed by atoms with Gasteiger partial charge in [-0.05, 0) is 81.5 Å². The van der Waals surface area contributed by atoms with Crippen molar-refractivity contribution in [2.24, 2.45) is 17.6 Å². The predicted molar refractivity (Wildman–Crippen MR) is 190 cm³/mol. The molecule has 12 nitrogen and oxygen atoms in total. The third-order valence-corrected chi connectivity index (χ3v) is 9.50. The summed E-state index contributed by atoms with van der Waals surface area (Å²) in [5.74, 6) is 0.414. The molecule has 0 radical (unpaired) electrons. The maximum absolute atomic E-state index is 13.6. The highest BCUT2D eigenvalue weighted by atomic mass is 19.3. The van der Waals surface area contributed by atoms with Crippen LogP contribution in [0.15, 0.2) is 40.8 Å². The fourth-order valence-electron chi connectivity index (χ4n) is 6.03. The van der Waals surface area contributed by atoms with Gasteiger partial charge in [-0.2, -0.15) is 8.78 Å². The first-order valence-electron chi connectivity index (χ1n) is 18.4. The number of piperazine rings is 1. The van der Waals surface area contributed by atoms with Gasteiger partial charge in [-0.15, -0.1) is 0 Å². The van der Waals surface area contributed by atoms with E-state index in [1.165, 1.54) is 25.5 Å². The lowest BCUT2D eigenvalue weighted by Gasteiger charge is -2.34. The zero-order chi connectivity index (χ0) is 38.6. The van der Waals surface area contributed by atoms with Crippen LogP contribution in [0.4, 0.5) is 17.6 Å². The second-order valence-corrected chi connectivity index (χ2v) is 13.8. The monoisotopic (exact) mass is 760 g/mol. The third-order valence-electron chi connectivity index (χ3n) is 9.50. The summed E-state index contributed by atoms with van der Waals surface area (Å²) in [6.45, 7) is 4.45. The number of hydrogen-bond acceptors (Lipinski definition) is 9. The van der Waals surface area contributed by atoms with Crippen molar-refractivity contribution in [2.45, 2.75) is 71.1 Å². The Kier molecular flexibility index (Phi) is 14.7. The van der Waals surface area contributed by atoms with Gasteiger partial charge in [0, 0.05) is 62.9 Å². The number of benzene rings is 2. The van der Waals surface area contributed by atoms with Crippen LogP contribution < -0.4 is 25.8 Å². The highest BCUT2D eigenvalue weighted by molar-refractivity contribution is 5.85. The number of rotatable bonds is 18. The van der Waals surface area contributed by atoms with Gasteiger partial charge in [0.05, 0.1) is 18.8 Å². The number of aromatic nitrogens is 1. The summed E-state index contributed by atoms with van der Waals surface area (Å²) in [5, 5.41) is 4.90. The van der Waals surface area contributed by atoms with Gasteiger partial charge in [0.25, 0.3) is 0 Å². The minimum Gasteiger partial charge on any atom is -0.490 e. The maximum atomic E-state index is 13.6. The highest BCUT2D eigenvalue weighted by Crippen LogP contribution is 2.35. The van der Waals surface area contributed by atoms with Crippen LogP contribution in [0.2, 0.25) is 0 Å². The molecule has 2 heterocycles. The summed E-state index contributed by atoms with van der Waals surface area (Å²) >= 11 is 0. The summed E-state index contributed by atoms with van der Waals surface area (Å²) < 4.78 is 68.2. The van der Waals surface area contributed by atoms with Crippen LogP contribution in [0.5, 0.6) is 11.5 Å².